The molecule has 0 fully saturated rings. The predicted octanol–water partition coefficient (Wildman–Crippen LogP) is 1.31. The smallest absolute Gasteiger partial charge is 0.407 e. The minimum Gasteiger partial charge on any atom is -0.465 e. The van der Waals surface area contributed by atoms with E-state index in [1.165, 1.54) is 14.2 Å². The first kappa shape index (κ1) is 28.7. The second-order valence-electron chi connectivity index (χ2n) is 8.02. The second kappa shape index (κ2) is 14.7. The van der Waals surface area contributed by atoms with E-state index in [9.17, 15) is 24.3 Å². The zero-order chi connectivity index (χ0) is 25.7. The van der Waals surface area contributed by atoms with Crippen LogP contribution in [0, 0.1) is 5.92 Å². The SMILES string of the molecule is COCOCc1ccc(NC(=O)[C@H](CCCNC(N)=O)NC(=O)[C@H](C(C)C)N(C)C(=O)O)cc1. The summed E-state index contributed by atoms with van der Waals surface area (Å²) in [6.07, 6.45) is -0.698. The summed E-state index contributed by atoms with van der Waals surface area (Å²) in [6.45, 7) is 4.16. The lowest BCUT2D eigenvalue weighted by atomic mass is 10.0. The van der Waals surface area contributed by atoms with Crippen LogP contribution in [0.5, 0.6) is 0 Å². The molecule has 1 aromatic rings. The molecular weight excluding hydrogens is 446 g/mol. The van der Waals surface area contributed by atoms with Crippen LogP contribution in [0.15, 0.2) is 24.3 Å². The van der Waals surface area contributed by atoms with Crippen molar-refractivity contribution < 1.29 is 33.8 Å². The van der Waals surface area contributed by atoms with Gasteiger partial charge in [-0.05, 0) is 36.5 Å². The fourth-order valence-corrected chi connectivity index (χ4v) is 3.25. The van der Waals surface area contributed by atoms with Gasteiger partial charge in [-0.3, -0.25) is 14.5 Å². The molecule has 2 atom stereocenters. The van der Waals surface area contributed by atoms with Crippen molar-refractivity contribution in [2.24, 2.45) is 11.7 Å². The first-order valence-electron chi connectivity index (χ1n) is 10.8. The minimum absolute atomic E-state index is 0.166. The molecule has 0 heterocycles. The van der Waals surface area contributed by atoms with E-state index in [0.29, 0.717) is 18.7 Å². The van der Waals surface area contributed by atoms with E-state index in [1.807, 2.05) is 0 Å². The number of nitrogens with two attached hydrogens (primary N) is 1. The van der Waals surface area contributed by atoms with Crippen LogP contribution >= 0.6 is 0 Å². The number of carboxylic acid groups (broad SMARTS) is 1. The van der Waals surface area contributed by atoms with Crippen molar-refractivity contribution in [1.82, 2.24) is 15.5 Å². The molecule has 0 aliphatic heterocycles. The van der Waals surface area contributed by atoms with Crippen LogP contribution in [0.1, 0.15) is 32.3 Å². The molecule has 1 rings (SSSR count). The Bertz CT molecular complexity index is 816. The van der Waals surface area contributed by atoms with Crippen molar-refractivity contribution >= 4 is 29.6 Å². The Hall–Kier alpha value is -3.38. The normalized spacial score (nSPS) is 12.5. The number of anilines is 1. The molecule has 0 aliphatic carbocycles. The number of carbonyl (C=O) groups is 4. The predicted molar refractivity (Wildman–Crippen MR) is 125 cm³/mol. The van der Waals surface area contributed by atoms with Crippen LogP contribution in [0.2, 0.25) is 0 Å². The highest BCUT2D eigenvalue weighted by atomic mass is 16.7. The van der Waals surface area contributed by atoms with Gasteiger partial charge in [-0.25, -0.2) is 9.59 Å². The summed E-state index contributed by atoms with van der Waals surface area (Å²) < 4.78 is 10.1. The number of amides is 5. The highest BCUT2D eigenvalue weighted by Gasteiger charge is 2.32. The van der Waals surface area contributed by atoms with Crippen molar-refractivity contribution in [2.45, 2.75) is 45.4 Å². The number of benzene rings is 1. The van der Waals surface area contributed by atoms with Gasteiger partial charge in [0.1, 0.15) is 18.9 Å². The van der Waals surface area contributed by atoms with Crippen LogP contribution in [-0.2, 0) is 25.7 Å². The van der Waals surface area contributed by atoms with Crippen molar-refractivity contribution in [2.75, 3.05) is 32.8 Å². The zero-order valence-electron chi connectivity index (χ0n) is 20.0. The molecule has 0 bridgehead atoms. The summed E-state index contributed by atoms with van der Waals surface area (Å²) in [5.74, 6) is -1.39. The number of nitrogens with zero attached hydrogens (tertiary/aromatic N) is 1. The number of likely N-dealkylation sites (N-methyl/N-ethyl adjacent to an activating group) is 1. The maximum Gasteiger partial charge on any atom is 0.407 e. The Kier molecular flexibility index (Phi) is 12.4. The summed E-state index contributed by atoms with van der Waals surface area (Å²) in [4.78, 5) is 49.1. The number of hydrogen-bond donors (Lipinski definition) is 5. The molecule has 12 heteroatoms. The molecule has 0 saturated heterocycles. The van der Waals surface area contributed by atoms with Crippen LogP contribution in [0.25, 0.3) is 0 Å². The number of primary amides is 1. The molecule has 12 nitrogen and oxygen atoms in total. The third-order valence-corrected chi connectivity index (χ3v) is 4.91. The Morgan fingerprint density at radius 1 is 1.12 bits per heavy atom. The third-order valence-electron chi connectivity index (χ3n) is 4.91. The highest BCUT2D eigenvalue weighted by Crippen LogP contribution is 2.14. The van der Waals surface area contributed by atoms with Gasteiger partial charge in [-0.2, -0.15) is 0 Å². The fraction of sp³-hybridized carbons (Fsp3) is 0.545. The minimum atomic E-state index is -1.25. The number of methoxy groups -OCH3 is 1. The topological polar surface area (TPSA) is 172 Å². The van der Waals surface area contributed by atoms with E-state index in [0.717, 1.165) is 10.5 Å². The van der Waals surface area contributed by atoms with Crippen molar-refractivity contribution in [1.29, 1.82) is 0 Å². The van der Waals surface area contributed by atoms with Gasteiger partial charge in [-0.15, -0.1) is 0 Å². The monoisotopic (exact) mass is 481 g/mol. The van der Waals surface area contributed by atoms with Gasteiger partial charge >= 0.3 is 12.1 Å². The van der Waals surface area contributed by atoms with Gasteiger partial charge in [0.2, 0.25) is 11.8 Å². The Labute approximate surface area is 199 Å². The van der Waals surface area contributed by atoms with Gasteiger partial charge in [0, 0.05) is 26.4 Å². The third kappa shape index (κ3) is 10.0. The molecule has 0 radical (unpaired) electrons. The second-order valence-corrected chi connectivity index (χ2v) is 8.02. The summed E-state index contributed by atoms with van der Waals surface area (Å²) >= 11 is 0. The number of hydrogen-bond acceptors (Lipinski definition) is 6. The van der Waals surface area contributed by atoms with Crippen LogP contribution in [-0.4, -0.2) is 73.5 Å². The van der Waals surface area contributed by atoms with Gasteiger partial charge in [-0.1, -0.05) is 26.0 Å². The zero-order valence-corrected chi connectivity index (χ0v) is 20.0. The average molecular weight is 482 g/mol. The average Bonchev–Trinajstić information content (AvgIpc) is 2.76. The fourth-order valence-electron chi connectivity index (χ4n) is 3.25. The van der Waals surface area contributed by atoms with E-state index in [-0.39, 0.29) is 25.7 Å². The van der Waals surface area contributed by atoms with Crippen molar-refractivity contribution in [3.05, 3.63) is 29.8 Å². The van der Waals surface area contributed by atoms with Crippen molar-refractivity contribution in [3.8, 4) is 0 Å². The molecule has 190 valence electrons. The Morgan fingerprint density at radius 2 is 1.76 bits per heavy atom. The van der Waals surface area contributed by atoms with Gasteiger partial charge in [0.05, 0.1) is 6.61 Å². The number of carbonyl (C=O) groups excluding carboxylic acids is 3. The molecule has 1 aromatic carbocycles. The molecule has 5 amide bonds. The molecule has 34 heavy (non-hydrogen) atoms. The lowest BCUT2D eigenvalue weighted by Gasteiger charge is -2.29. The first-order chi connectivity index (χ1) is 16.1. The van der Waals surface area contributed by atoms with Crippen LogP contribution in [0.3, 0.4) is 0 Å². The number of rotatable bonds is 14. The summed E-state index contributed by atoms with van der Waals surface area (Å²) in [7, 11) is 2.83. The molecular formula is C22H35N5O7. The van der Waals surface area contributed by atoms with E-state index in [4.69, 9.17) is 15.2 Å². The quantitative estimate of drug-likeness (QED) is 0.197. The molecule has 0 aliphatic rings. The van der Waals surface area contributed by atoms with Crippen molar-refractivity contribution in [3.63, 3.8) is 0 Å². The lowest BCUT2D eigenvalue weighted by Crippen LogP contribution is -2.54. The molecule has 6 N–H and O–H groups in total. The lowest BCUT2D eigenvalue weighted by molar-refractivity contribution is -0.130. The molecule has 0 unspecified atom stereocenters. The summed E-state index contributed by atoms with van der Waals surface area (Å²) in [6, 6.07) is 4.33. The van der Waals surface area contributed by atoms with Crippen LogP contribution < -0.4 is 21.7 Å². The first-order valence-corrected chi connectivity index (χ1v) is 10.8. The number of nitrogens with one attached hydrogen (secondary N) is 3. The van der Waals surface area contributed by atoms with E-state index in [2.05, 4.69) is 16.0 Å². The van der Waals surface area contributed by atoms with E-state index >= 15 is 0 Å². The van der Waals surface area contributed by atoms with E-state index in [1.54, 1.807) is 38.1 Å². The van der Waals surface area contributed by atoms with Gasteiger partial charge in [0.15, 0.2) is 0 Å². The maximum absolute atomic E-state index is 13.0. The number of ether oxygens (including phenoxy) is 2. The summed E-state index contributed by atoms with van der Waals surface area (Å²) in [5, 5.41) is 17.1. The van der Waals surface area contributed by atoms with Crippen LogP contribution in [0.4, 0.5) is 15.3 Å². The van der Waals surface area contributed by atoms with Gasteiger partial charge < -0.3 is 36.3 Å². The maximum atomic E-state index is 13.0. The number of urea groups is 1. The molecule has 0 saturated carbocycles. The Balaban J connectivity index is 2.90. The van der Waals surface area contributed by atoms with Gasteiger partial charge in [0.25, 0.3) is 0 Å². The molecule has 0 spiro atoms. The van der Waals surface area contributed by atoms with E-state index < -0.39 is 36.0 Å². The Morgan fingerprint density at radius 3 is 2.29 bits per heavy atom. The molecule has 0 aromatic heterocycles. The highest BCUT2D eigenvalue weighted by molar-refractivity contribution is 5.98. The largest absolute Gasteiger partial charge is 0.465 e. The summed E-state index contributed by atoms with van der Waals surface area (Å²) in [5.41, 5.74) is 6.46. The standard InChI is InChI=1S/C22H35N5O7/c1-14(2)18(27(3)22(31)32)20(29)26-17(6-5-11-24-21(23)30)19(28)25-16-9-7-15(8-10-16)12-34-13-33-4/h7-10,14,17-18H,5-6,11-13H2,1-4H3,(H,25,28)(H,26,29)(H,31,32)(H3,23,24,30)/t17-,18-/m0/s1.